The average molecular weight is 234 g/mol. The third-order valence-corrected chi connectivity index (χ3v) is 3.20. The van der Waals surface area contributed by atoms with E-state index in [-0.39, 0.29) is 5.54 Å². The van der Waals surface area contributed by atoms with Crippen molar-refractivity contribution in [2.24, 2.45) is 5.73 Å². The lowest BCUT2D eigenvalue weighted by Crippen LogP contribution is -2.44. The molecule has 0 aromatic carbocycles. The molecule has 0 amide bonds. The van der Waals surface area contributed by atoms with Crippen LogP contribution in [0.3, 0.4) is 0 Å². The average Bonchev–Trinajstić information content (AvgIpc) is 2.29. The van der Waals surface area contributed by atoms with Gasteiger partial charge in [-0.2, -0.15) is 0 Å². The number of pyridine rings is 1. The Morgan fingerprint density at radius 3 is 2.53 bits per heavy atom. The lowest BCUT2D eigenvalue weighted by molar-refractivity contribution is 0.533. The fraction of sp³-hybridized carbons (Fsp3) is 0.615. The smallest absolute Gasteiger partial charge is 0.0601 e. The number of nitrogens with two attached hydrogens (primary N) is 1. The van der Waals surface area contributed by atoms with Crippen LogP contribution in [0.1, 0.15) is 25.1 Å². The van der Waals surface area contributed by atoms with Gasteiger partial charge in [0.05, 0.1) is 23.1 Å². The van der Waals surface area contributed by atoms with Gasteiger partial charge in [0, 0.05) is 26.2 Å². The number of piperazine rings is 1. The Labute approximate surface area is 103 Å². The molecule has 0 unspecified atom stereocenters. The summed E-state index contributed by atoms with van der Waals surface area (Å²) >= 11 is 0. The SMILES string of the molecule is Cc1cc(C(C)(C)N)ncc1N1CCNCC1. The van der Waals surface area contributed by atoms with Gasteiger partial charge in [0.1, 0.15) is 0 Å². The number of aryl methyl sites for hydroxylation is 1. The highest BCUT2D eigenvalue weighted by molar-refractivity contribution is 5.52. The molecule has 2 heterocycles. The monoisotopic (exact) mass is 234 g/mol. The van der Waals surface area contributed by atoms with Crippen molar-refractivity contribution in [2.45, 2.75) is 26.3 Å². The number of rotatable bonds is 2. The van der Waals surface area contributed by atoms with Gasteiger partial charge in [-0.3, -0.25) is 4.98 Å². The minimum Gasteiger partial charge on any atom is -0.368 e. The molecule has 0 bridgehead atoms. The third-order valence-electron chi connectivity index (χ3n) is 3.20. The number of aromatic nitrogens is 1. The van der Waals surface area contributed by atoms with Crippen LogP contribution in [0.5, 0.6) is 0 Å². The van der Waals surface area contributed by atoms with E-state index >= 15 is 0 Å². The molecular formula is C13H22N4. The molecule has 0 aliphatic carbocycles. The van der Waals surface area contributed by atoms with Crippen LogP contribution >= 0.6 is 0 Å². The summed E-state index contributed by atoms with van der Waals surface area (Å²) in [5.41, 5.74) is 9.15. The first-order chi connectivity index (χ1) is 7.98. The highest BCUT2D eigenvalue weighted by Gasteiger charge is 2.19. The second-order valence-electron chi connectivity index (χ2n) is 5.31. The molecule has 0 radical (unpaired) electrons. The van der Waals surface area contributed by atoms with E-state index in [4.69, 9.17) is 5.73 Å². The van der Waals surface area contributed by atoms with Crippen molar-refractivity contribution in [1.29, 1.82) is 0 Å². The molecule has 4 nitrogen and oxygen atoms in total. The van der Waals surface area contributed by atoms with Crippen molar-refractivity contribution < 1.29 is 0 Å². The normalized spacial score (nSPS) is 17.3. The zero-order chi connectivity index (χ0) is 12.5. The predicted octanol–water partition coefficient (Wildman–Crippen LogP) is 0.993. The summed E-state index contributed by atoms with van der Waals surface area (Å²) in [5, 5.41) is 3.36. The third kappa shape index (κ3) is 2.76. The molecule has 3 N–H and O–H groups in total. The molecule has 1 aliphatic rings. The molecule has 1 aromatic heterocycles. The van der Waals surface area contributed by atoms with Crippen LogP contribution in [-0.4, -0.2) is 31.2 Å². The Morgan fingerprint density at radius 1 is 1.35 bits per heavy atom. The summed E-state index contributed by atoms with van der Waals surface area (Å²) in [6, 6.07) is 2.11. The topological polar surface area (TPSA) is 54.2 Å². The van der Waals surface area contributed by atoms with E-state index in [2.05, 4.69) is 28.2 Å². The van der Waals surface area contributed by atoms with Crippen LogP contribution in [0.15, 0.2) is 12.3 Å². The number of nitrogens with zero attached hydrogens (tertiary/aromatic N) is 2. The van der Waals surface area contributed by atoms with Gasteiger partial charge in [0.15, 0.2) is 0 Å². The first-order valence-electron chi connectivity index (χ1n) is 6.20. The van der Waals surface area contributed by atoms with Gasteiger partial charge in [-0.1, -0.05) is 0 Å². The molecule has 0 spiro atoms. The largest absolute Gasteiger partial charge is 0.368 e. The van der Waals surface area contributed by atoms with E-state index < -0.39 is 0 Å². The Balaban J connectivity index is 2.25. The summed E-state index contributed by atoms with van der Waals surface area (Å²) in [6.07, 6.45) is 1.96. The molecule has 1 fully saturated rings. The van der Waals surface area contributed by atoms with Crippen molar-refractivity contribution >= 4 is 5.69 Å². The van der Waals surface area contributed by atoms with Crippen molar-refractivity contribution in [3.05, 3.63) is 23.5 Å². The lowest BCUT2D eigenvalue weighted by atomic mass is 9.99. The summed E-state index contributed by atoms with van der Waals surface area (Å²) in [6.45, 7) is 10.3. The molecule has 1 aromatic rings. The molecule has 94 valence electrons. The molecule has 0 atom stereocenters. The van der Waals surface area contributed by atoms with Gasteiger partial charge in [0.25, 0.3) is 0 Å². The van der Waals surface area contributed by atoms with Gasteiger partial charge >= 0.3 is 0 Å². The fourth-order valence-electron chi connectivity index (χ4n) is 2.14. The zero-order valence-corrected chi connectivity index (χ0v) is 11.0. The van der Waals surface area contributed by atoms with E-state index in [0.717, 1.165) is 31.9 Å². The van der Waals surface area contributed by atoms with Crippen LogP contribution in [-0.2, 0) is 5.54 Å². The summed E-state index contributed by atoms with van der Waals surface area (Å²) in [5.74, 6) is 0. The van der Waals surface area contributed by atoms with Gasteiger partial charge in [-0.05, 0) is 32.4 Å². The minimum atomic E-state index is -0.368. The van der Waals surface area contributed by atoms with Crippen LogP contribution in [0.25, 0.3) is 0 Å². The molecule has 4 heteroatoms. The second-order valence-corrected chi connectivity index (χ2v) is 5.31. The highest BCUT2D eigenvalue weighted by Crippen LogP contribution is 2.23. The van der Waals surface area contributed by atoms with E-state index in [9.17, 15) is 0 Å². The van der Waals surface area contributed by atoms with Crippen molar-refractivity contribution in [3.8, 4) is 0 Å². The van der Waals surface area contributed by atoms with E-state index in [1.807, 2.05) is 20.0 Å². The first kappa shape index (κ1) is 12.3. The van der Waals surface area contributed by atoms with Crippen LogP contribution in [0.2, 0.25) is 0 Å². The summed E-state index contributed by atoms with van der Waals surface area (Å²) < 4.78 is 0. The quantitative estimate of drug-likeness (QED) is 0.801. The minimum absolute atomic E-state index is 0.368. The molecule has 2 rings (SSSR count). The van der Waals surface area contributed by atoms with E-state index in [1.165, 1.54) is 11.3 Å². The second kappa shape index (κ2) is 4.63. The van der Waals surface area contributed by atoms with Gasteiger partial charge in [0.2, 0.25) is 0 Å². The maximum Gasteiger partial charge on any atom is 0.0601 e. The van der Waals surface area contributed by atoms with Gasteiger partial charge in [-0.15, -0.1) is 0 Å². The number of hydrogen-bond donors (Lipinski definition) is 2. The van der Waals surface area contributed by atoms with E-state index in [1.54, 1.807) is 0 Å². The summed E-state index contributed by atoms with van der Waals surface area (Å²) in [4.78, 5) is 6.88. The molecule has 1 saturated heterocycles. The zero-order valence-electron chi connectivity index (χ0n) is 11.0. The number of anilines is 1. The molecule has 1 aliphatic heterocycles. The number of nitrogens with one attached hydrogen (secondary N) is 1. The Hall–Kier alpha value is -1.13. The Kier molecular flexibility index (Phi) is 3.35. The first-order valence-corrected chi connectivity index (χ1v) is 6.20. The van der Waals surface area contributed by atoms with E-state index in [0.29, 0.717) is 0 Å². The van der Waals surface area contributed by atoms with Gasteiger partial charge < -0.3 is 16.0 Å². The highest BCUT2D eigenvalue weighted by atomic mass is 15.2. The van der Waals surface area contributed by atoms with Crippen LogP contribution in [0, 0.1) is 6.92 Å². The van der Waals surface area contributed by atoms with Gasteiger partial charge in [-0.25, -0.2) is 0 Å². The van der Waals surface area contributed by atoms with Crippen molar-refractivity contribution in [3.63, 3.8) is 0 Å². The van der Waals surface area contributed by atoms with Crippen LogP contribution < -0.4 is 16.0 Å². The van der Waals surface area contributed by atoms with Crippen molar-refractivity contribution in [1.82, 2.24) is 10.3 Å². The van der Waals surface area contributed by atoms with Crippen LogP contribution in [0.4, 0.5) is 5.69 Å². The molecule has 17 heavy (non-hydrogen) atoms. The Morgan fingerprint density at radius 2 is 2.00 bits per heavy atom. The Bertz CT molecular complexity index is 389. The molecule has 0 saturated carbocycles. The summed E-state index contributed by atoms with van der Waals surface area (Å²) in [7, 11) is 0. The molecular weight excluding hydrogens is 212 g/mol. The maximum absolute atomic E-state index is 6.07. The fourth-order valence-corrected chi connectivity index (χ4v) is 2.14. The predicted molar refractivity (Wildman–Crippen MR) is 71.3 cm³/mol. The van der Waals surface area contributed by atoms with Crippen molar-refractivity contribution in [2.75, 3.05) is 31.1 Å². The number of hydrogen-bond acceptors (Lipinski definition) is 4. The standard InChI is InChI=1S/C13H22N4/c1-10-8-12(13(2,3)14)16-9-11(10)17-6-4-15-5-7-17/h8-9,15H,4-7,14H2,1-3H3. The lowest BCUT2D eigenvalue weighted by Gasteiger charge is -2.31. The maximum atomic E-state index is 6.07.